The van der Waals surface area contributed by atoms with E-state index in [0.717, 1.165) is 0 Å². The smallest absolute Gasteiger partial charge is 0.262 e. The number of aromatic hydroxyl groups is 1. The fraction of sp³-hybridized carbons (Fsp3) is 0.125. The topological polar surface area (TPSA) is 102 Å². The molecule has 0 aromatic heterocycles. The van der Waals surface area contributed by atoms with Crippen LogP contribution in [0.1, 0.15) is 11.1 Å². The number of fused-ring (bicyclic) bond motifs is 1. The van der Waals surface area contributed by atoms with Crippen molar-refractivity contribution in [1.82, 2.24) is 0 Å². The van der Waals surface area contributed by atoms with Gasteiger partial charge in [-0.3, -0.25) is 4.79 Å². The maximum absolute atomic E-state index is 13.1. The quantitative estimate of drug-likeness (QED) is 0.374. The molecule has 3 aromatic rings. The minimum absolute atomic E-state index is 0.0300. The monoisotopic (exact) mass is 551 g/mol. The molecule has 0 bridgehead atoms. The third-order valence-corrected chi connectivity index (χ3v) is 8.65. The number of phenolic OH excluding ortho intramolecular Hbond substituents is 1. The molecule has 0 fully saturated rings. The van der Waals surface area contributed by atoms with Gasteiger partial charge in [-0.1, -0.05) is 41.0 Å². The Bertz CT molecular complexity index is 1430. The molecule has 182 valence electrons. The third-order valence-electron chi connectivity index (χ3n) is 5.20. The van der Waals surface area contributed by atoms with Crippen molar-refractivity contribution in [2.24, 2.45) is 0 Å². The van der Waals surface area contributed by atoms with E-state index in [1.807, 2.05) is 0 Å². The minimum Gasteiger partial charge on any atom is -0.508 e. The molecule has 0 atom stereocenters. The number of nitrogens with one attached hydrogen (secondary N) is 1. The van der Waals surface area contributed by atoms with E-state index < -0.39 is 15.7 Å². The van der Waals surface area contributed by atoms with Gasteiger partial charge in [0, 0.05) is 32.6 Å². The normalized spacial score (nSPS) is 14.4. The van der Waals surface area contributed by atoms with E-state index in [1.165, 1.54) is 50.2 Å². The number of rotatable bonds is 6. The average Bonchev–Trinajstić information content (AvgIpc) is 2.82. The van der Waals surface area contributed by atoms with Crippen LogP contribution in [-0.4, -0.2) is 33.7 Å². The number of phenols is 1. The number of benzene rings is 3. The molecule has 0 unspecified atom stereocenters. The number of ether oxygens (including phenoxy) is 2. The number of halogens is 2. The fourth-order valence-electron chi connectivity index (χ4n) is 3.47. The van der Waals surface area contributed by atoms with E-state index >= 15 is 0 Å². The molecule has 2 N–H and O–H groups in total. The van der Waals surface area contributed by atoms with Crippen molar-refractivity contribution < 1.29 is 27.8 Å². The number of hydrogen-bond acceptors (Lipinski definition) is 7. The molecule has 0 saturated heterocycles. The first kappa shape index (κ1) is 25.2. The van der Waals surface area contributed by atoms with Crippen LogP contribution in [0.4, 0.5) is 5.69 Å². The maximum atomic E-state index is 13.1. The van der Waals surface area contributed by atoms with Gasteiger partial charge in [-0.2, -0.15) is 0 Å². The Labute approximate surface area is 216 Å². The molecule has 0 aliphatic carbocycles. The number of carbonyl (C=O) groups is 1. The lowest BCUT2D eigenvalue weighted by atomic mass is 10.1. The molecule has 0 saturated carbocycles. The second-order valence-electron chi connectivity index (χ2n) is 7.45. The van der Waals surface area contributed by atoms with Gasteiger partial charge in [-0.15, -0.1) is 0 Å². The van der Waals surface area contributed by atoms with Crippen LogP contribution in [0.2, 0.25) is 10.0 Å². The Morgan fingerprint density at radius 3 is 2.26 bits per heavy atom. The van der Waals surface area contributed by atoms with Crippen LogP contribution >= 0.6 is 35.0 Å². The first-order chi connectivity index (χ1) is 16.6. The van der Waals surface area contributed by atoms with E-state index in [1.54, 1.807) is 30.3 Å². The average molecular weight is 552 g/mol. The molecular formula is C24H19Cl2NO6S2. The highest BCUT2D eigenvalue weighted by Gasteiger charge is 2.26. The molecule has 0 spiro atoms. The number of sulfone groups is 1. The SMILES string of the molecule is COc1cc(O)cc(OC)c1/C=C1/Sc2ccc(S(=O)(=O)Cc3c(Cl)cccc3Cl)cc2NC1=O. The Morgan fingerprint density at radius 1 is 1.03 bits per heavy atom. The molecule has 35 heavy (non-hydrogen) atoms. The van der Waals surface area contributed by atoms with Crippen molar-refractivity contribution in [3.8, 4) is 17.2 Å². The van der Waals surface area contributed by atoms with Gasteiger partial charge in [0.25, 0.3) is 5.91 Å². The summed E-state index contributed by atoms with van der Waals surface area (Å²) in [6.45, 7) is 0. The lowest BCUT2D eigenvalue weighted by molar-refractivity contribution is -0.112. The third kappa shape index (κ3) is 5.23. The zero-order valence-corrected chi connectivity index (χ0v) is 21.6. The highest BCUT2D eigenvalue weighted by atomic mass is 35.5. The molecule has 3 aromatic carbocycles. The number of methoxy groups -OCH3 is 2. The number of amides is 1. The highest BCUT2D eigenvalue weighted by molar-refractivity contribution is 8.04. The summed E-state index contributed by atoms with van der Waals surface area (Å²) >= 11 is 13.5. The largest absolute Gasteiger partial charge is 0.508 e. The second-order valence-corrected chi connectivity index (χ2v) is 11.3. The molecule has 4 rings (SSSR count). The van der Waals surface area contributed by atoms with Crippen molar-refractivity contribution >= 4 is 62.5 Å². The molecule has 11 heteroatoms. The molecule has 7 nitrogen and oxygen atoms in total. The standard InChI is InChI=1S/C24H19Cl2NO6S2/c1-32-20-8-13(28)9-21(33-2)15(20)11-23-24(29)27-19-10-14(6-7-22(19)34-23)35(30,31)12-16-17(25)4-3-5-18(16)26/h3-11,28H,12H2,1-2H3,(H,27,29)/b23-11+. The van der Waals surface area contributed by atoms with Gasteiger partial charge in [0.2, 0.25) is 0 Å². The lowest BCUT2D eigenvalue weighted by Gasteiger charge is -2.20. The zero-order chi connectivity index (χ0) is 25.3. The van der Waals surface area contributed by atoms with Gasteiger partial charge in [0.15, 0.2) is 9.84 Å². The molecule has 1 amide bonds. The molecule has 1 heterocycles. The van der Waals surface area contributed by atoms with Crippen LogP contribution in [0.15, 0.2) is 63.2 Å². The molecule has 1 aliphatic rings. The van der Waals surface area contributed by atoms with Crippen molar-refractivity contribution in [3.05, 3.63) is 74.6 Å². The minimum atomic E-state index is -3.79. The van der Waals surface area contributed by atoms with Crippen LogP contribution in [-0.2, 0) is 20.4 Å². The van der Waals surface area contributed by atoms with Crippen LogP contribution in [0.3, 0.4) is 0 Å². The van der Waals surface area contributed by atoms with Crippen molar-refractivity contribution in [2.45, 2.75) is 15.5 Å². The van der Waals surface area contributed by atoms with Crippen molar-refractivity contribution in [3.63, 3.8) is 0 Å². The summed E-state index contributed by atoms with van der Waals surface area (Å²) in [5.74, 6) is -0.194. The predicted octanol–water partition coefficient (Wildman–Crippen LogP) is 5.78. The summed E-state index contributed by atoms with van der Waals surface area (Å²) in [6.07, 6.45) is 1.59. The molecular weight excluding hydrogens is 533 g/mol. The second kappa shape index (κ2) is 10.0. The Kier molecular flexibility index (Phi) is 7.23. The number of anilines is 1. The number of thioether (sulfide) groups is 1. The summed E-state index contributed by atoms with van der Waals surface area (Å²) in [5.41, 5.74) is 1.16. The lowest BCUT2D eigenvalue weighted by Crippen LogP contribution is -2.18. The Balaban J connectivity index is 1.67. The van der Waals surface area contributed by atoms with Gasteiger partial charge < -0.3 is 19.9 Å². The highest BCUT2D eigenvalue weighted by Crippen LogP contribution is 2.43. The van der Waals surface area contributed by atoms with Gasteiger partial charge >= 0.3 is 0 Å². The molecule has 1 aliphatic heterocycles. The zero-order valence-electron chi connectivity index (χ0n) is 18.5. The van der Waals surface area contributed by atoms with E-state index in [2.05, 4.69) is 5.32 Å². The fourth-order valence-corrected chi connectivity index (χ4v) is 6.51. The van der Waals surface area contributed by atoms with E-state index in [9.17, 15) is 18.3 Å². The number of hydrogen-bond donors (Lipinski definition) is 2. The van der Waals surface area contributed by atoms with Crippen molar-refractivity contribution in [2.75, 3.05) is 19.5 Å². The van der Waals surface area contributed by atoms with Gasteiger partial charge in [0.1, 0.15) is 17.2 Å². The predicted molar refractivity (Wildman–Crippen MR) is 137 cm³/mol. The van der Waals surface area contributed by atoms with E-state index in [-0.39, 0.29) is 26.4 Å². The number of carbonyl (C=O) groups excluding carboxylic acids is 1. The van der Waals surface area contributed by atoms with Gasteiger partial charge in [-0.05, 0) is 36.4 Å². The van der Waals surface area contributed by atoms with E-state index in [0.29, 0.717) is 38.1 Å². The first-order valence-corrected chi connectivity index (χ1v) is 13.3. The van der Waals surface area contributed by atoms with Gasteiger partial charge in [-0.25, -0.2) is 8.42 Å². The van der Waals surface area contributed by atoms with Crippen molar-refractivity contribution in [1.29, 1.82) is 0 Å². The van der Waals surface area contributed by atoms with Crippen LogP contribution in [0, 0.1) is 0 Å². The van der Waals surface area contributed by atoms with Crippen LogP contribution < -0.4 is 14.8 Å². The Morgan fingerprint density at radius 2 is 1.66 bits per heavy atom. The summed E-state index contributed by atoms with van der Waals surface area (Å²) in [4.78, 5) is 13.9. The first-order valence-electron chi connectivity index (χ1n) is 10.1. The van der Waals surface area contributed by atoms with Gasteiger partial charge in [0.05, 0.1) is 41.0 Å². The summed E-state index contributed by atoms with van der Waals surface area (Å²) < 4.78 is 36.7. The van der Waals surface area contributed by atoms with E-state index in [4.69, 9.17) is 32.7 Å². The van der Waals surface area contributed by atoms with Crippen LogP contribution in [0.25, 0.3) is 6.08 Å². The molecule has 0 radical (unpaired) electrons. The summed E-state index contributed by atoms with van der Waals surface area (Å²) in [7, 11) is -0.911. The summed E-state index contributed by atoms with van der Waals surface area (Å²) in [6, 6.07) is 12.1. The summed E-state index contributed by atoms with van der Waals surface area (Å²) in [5, 5.41) is 13.1. The maximum Gasteiger partial charge on any atom is 0.262 e. The van der Waals surface area contributed by atoms with Crippen LogP contribution in [0.5, 0.6) is 17.2 Å². The Hall–Kier alpha value is -2.85.